The van der Waals surface area contributed by atoms with E-state index in [1.54, 1.807) is 6.92 Å². The quantitative estimate of drug-likeness (QED) is 0.642. The zero-order chi connectivity index (χ0) is 13.5. The lowest BCUT2D eigenvalue weighted by molar-refractivity contribution is -0.137. The van der Waals surface area contributed by atoms with Gasteiger partial charge in [-0.25, -0.2) is 4.72 Å². The second-order valence-electron chi connectivity index (χ2n) is 4.23. The van der Waals surface area contributed by atoms with Gasteiger partial charge in [-0.15, -0.1) is 0 Å². The number of rotatable bonds is 9. The molecular formula is C10H22N2O4S. The number of aliphatic carboxylic acids is 1. The lowest BCUT2D eigenvalue weighted by Gasteiger charge is -2.18. The molecule has 102 valence electrons. The van der Waals surface area contributed by atoms with Crippen LogP contribution >= 0.6 is 0 Å². The monoisotopic (exact) mass is 266 g/mol. The molecule has 0 spiro atoms. The van der Waals surface area contributed by atoms with Crippen LogP contribution in [0.2, 0.25) is 0 Å². The fourth-order valence-corrected chi connectivity index (χ4v) is 2.31. The Labute approximate surface area is 103 Å². The Morgan fingerprint density at radius 1 is 1.47 bits per heavy atom. The van der Waals surface area contributed by atoms with Crippen LogP contribution < -0.4 is 4.72 Å². The first-order chi connectivity index (χ1) is 7.79. The summed E-state index contributed by atoms with van der Waals surface area (Å²) in [6.45, 7) is 4.30. The lowest BCUT2D eigenvalue weighted by Crippen LogP contribution is -2.40. The van der Waals surface area contributed by atoms with Gasteiger partial charge in [0.05, 0.1) is 0 Å². The van der Waals surface area contributed by atoms with Crippen LogP contribution in [0.25, 0.3) is 0 Å². The number of hydrogen-bond acceptors (Lipinski definition) is 3. The standard InChI is InChI=1S/C10H22N2O4S/c1-4-5-6-12(3)17(15,16)11-8-9(2)7-10(13)14/h9,11H,4-8H2,1-3H3,(H,13,14). The molecule has 0 aromatic rings. The Morgan fingerprint density at radius 3 is 2.53 bits per heavy atom. The van der Waals surface area contributed by atoms with E-state index in [9.17, 15) is 13.2 Å². The molecule has 1 atom stereocenters. The highest BCUT2D eigenvalue weighted by Crippen LogP contribution is 2.03. The molecule has 0 aliphatic heterocycles. The molecule has 7 heteroatoms. The van der Waals surface area contributed by atoms with Crippen molar-refractivity contribution < 1.29 is 18.3 Å². The Balaban J connectivity index is 4.12. The van der Waals surface area contributed by atoms with Crippen LogP contribution in [0.15, 0.2) is 0 Å². The summed E-state index contributed by atoms with van der Waals surface area (Å²) >= 11 is 0. The zero-order valence-electron chi connectivity index (χ0n) is 10.6. The van der Waals surface area contributed by atoms with E-state index >= 15 is 0 Å². The molecule has 0 aliphatic rings. The molecule has 0 saturated heterocycles. The van der Waals surface area contributed by atoms with Crippen molar-refractivity contribution in [1.82, 2.24) is 9.03 Å². The third-order valence-corrected chi connectivity index (χ3v) is 3.91. The van der Waals surface area contributed by atoms with Crippen LogP contribution in [-0.2, 0) is 15.0 Å². The van der Waals surface area contributed by atoms with E-state index in [-0.39, 0.29) is 18.9 Å². The minimum atomic E-state index is -3.47. The zero-order valence-corrected chi connectivity index (χ0v) is 11.5. The van der Waals surface area contributed by atoms with Gasteiger partial charge in [-0.2, -0.15) is 12.7 Å². The molecule has 0 aliphatic carbocycles. The smallest absolute Gasteiger partial charge is 0.303 e. The number of unbranched alkanes of at least 4 members (excludes halogenated alkanes) is 1. The third-order valence-electron chi connectivity index (χ3n) is 2.37. The van der Waals surface area contributed by atoms with Gasteiger partial charge in [-0.1, -0.05) is 20.3 Å². The molecule has 1 unspecified atom stereocenters. The molecule has 0 rings (SSSR count). The normalized spacial score (nSPS) is 13.9. The largest absolute Gasteiger partial charge is 0.481 e. The maximum atomic E-state index is 11.7. The van der Waals surface area contributed by atoms with Gasteiger partial charge in [0.1, 0.15) is 0 Å². The molecule has 0 radical (unpaired) electrons. The molecule has 2 N–H and O–H groups in total. The predicted octanol–water partition coefficient (Wildman–Crippen LogP) is 0.664. The van der Waals surface area contributed by atoms with E-state index in [0.717, 1.165) is 12.8 Å². The van der Waals surface area contributed by atoms with Crippen molar-refractivity contribution in [3.63, 3.8) is 0 Å². The van der Waals surface area contributed by atoms with Crippen molar-refractivity contribution in [1.29, 1.82) is 0 Å². The van der Waals surface area contributed by atoms with Gasteiger partial charge in [-0.3, -0.25) is 4.79 Å². The van der Waals surface area contributed by atoms with Gasteiger partial charge in [-0.05, 0) is 12.3 Å². The number of carboxylic acid groups (broad SMARTS) is 1. The molecular weight excluding hydrogens is 244 g/mol. The third kappa shape index (κ3) is 7.30. The second-order valence-corrected chi connectivity index (χ2v) is 6.09. The van der Waals surface area contributed by atoms with E-state index in [4.69, 9.17) is 5.11 Å². The molecule has 0 amide bonds. The number of nitrogens with one attached hydrogen (secondary N) is 1. The maximum absolute atomic E-state index is 11.7. The van der Waals surface area contributed by atoms with E-state index < -0.39 is 16.2 Å². The van der Waals surface area contributed by atoms with Crippen LogP contribution in [0.4, 0.5) is 0 Å². The minimum Gasteiger partial charge on any atom is -0.481 e. The van der Waals surface area contributed by atoms with Crippen molar-refractivity contribution >= 4 is 16.2 Å². The average Bonchev–Trinajstić information content (AvgIpc) is 2.22. The summed E-state index contributed by atoms with van der Waals surface area (Å²) in [6, 6.07) is 0. The van der Waals surface area contributed by atoms with Gasteiger partial charge in [0, 0.05) is 26.6 Å². The first kappa shape index (κ1) is 16.3. The molecule has 0 aromatic heterocycles. The highest BCUT2D eigenvalue weighted by molar-refractivity contribution is 7.87. The first-order valence-electron chi connectivity index (χ1n) is 5.72. The minimum absolute atomic E-state index is 0.0405. The molecule has 0 heterocycles. The number of carboxylic acids is 1. The van der Waals surface area contributed by atoms with Crippen LogP contribution in [-0.4, -0.2) is 43.9 Å². The number of carbonyl (C=O) groups is 1. The molecule has 0 saturated carbocycles. The Bertz CT molecular complexity index is 329. The van der Waals surface area contributed by atoms with Crippen molar-refractivity contribution in [2.24, 2.45) is 5.92 Å². The Morgan fingerprint density at radius 2 is 2.06 bits per heavy atom. The van der Waals surface area contributed by atoms with Gasteiger partial charge >= 0.3 is 5.97 Å². The molecule has 6 nitrogen and oxygen atoms in total. The summed E-state index contributed by atoms with van der Waals surface area (Å²) in [5.41, 5.74) is 0. The SMILES string of the molecule is CCCCN(C)S(=O)(=O)NCC(C)CC(=O)O. The van der Waals surface area contributed by atoms with Crippen LogP contribution in [0.1, 0.15) is 33.1 Å². The van der Waals surface area contributed by atoms with E-state index in [0.29, 0.717) is 6.54 Å². The van der Waals surface area contributed by atoms with Gasteiger partial charge in [0.15, 0.2) is 0 Å². The first-order valence-corrected chi connectivity index (χ1v) is 7.16. The number of hydrogen-bond donors (Lipinski definition) is 2. The second kappa shape index (κ2) is 7.62. The van der Waals surface area contributed by atoms with E-state index in [1.807, 2.05) is 6.92 Å². The summed E-state index contributed by atoms with van der Waals surface area (Å²) in [7, 11) is -1.96. The van der Waals surface area contributed by atoms with Crippen molar-refractivity contribution in [2.75, 3.05) is 20.1 Å². The fraction of sp³-hybridized carbons (Fsp3) is 0.900. The van der Waals surface area contributed by atoms with Gasteiger partial charge < -0.3 is 5.11 Å². The van der Waals surface area contributed by atoms with Crippen LogP contribution in [0.5, 0.6) is 0 Å². The molecule has 0 fully saturated rings. The van der Waals surface area contributed by atoms with Crippen LogP contribution in [0.3, 0.4) is 0 Å². The highest BCUT2D eigenvalue weighted by Gasteiger charge is 2.18. The maximum Gasteiger partial charge on any atom is 0.303 e. The average molecular weight is 266 g/mol. The summed E-state index contributed by atoms with van der Waals surface area (Å²) < 4.78 is 27.0. The van der Waals surface area contributed by atoms with E-state index in [1.165, 1.54) is 11.4 Å². The van der Waals surface area contributed by atoms with Gasteiger partial charge in [0.2, 0.25) is 0 Å². The Kier molecular flexibility index (Phi) is 7.33. The summed E-state index contributed by atoms with van der Waals surface area (Å²) in [5.74, 6) is -1.14. The fourth-order valence-electron chi connectivity index (χ4n) is 1.23. The van der Waals surface area contributed by atoms with Crippen molar-refractivity contribution in [3.05, 3.63) is 0 Å². The summed E-state index contributed by atoms with van der Waals surface area (Å²) in [6.07, 6.45) is 1.69. The lowest BCUT2D eigenvalue weighted by atomic mass is 10.1. The molecule has 17 heavy (non-hydrogen) atoms. The van der Waals surface area contributed by atoms with Gasteiger partial charge in [0.25, 0.3) is 10.2 Å². The van der Waals surface area contributed by atoms with Crippen LogP contribution in [0, 0.1) is 5.92 Å². The summed E-state index contributed by atoms with van der Waals surface area (Å²) in [4.78, 5) is 10.4. The van der Waals surface area contributed by atoms with Crippen molar-refractivity contribution in [2.45, 2.75) is 33.1 Å². The Hall–Kier alpha value is -0.660. The number of nitrogens with zero attached hydrogens (tertiary/aromatic N) is 1. The van der Waals surface area contributed by atoms with E-state index in [2.05, 4.69) is 4.72 Å². The molecule has 0 aromatic carbocycles. The topological polar surface area (TPSA) is 86.7 Å². The summed E-state index contributed by atoms with van der Waals surface area (Å²) in [5, 5.41) is 8.55. The highest BCUT2D eigenvalue weighted by atomic mass is 32.2. The predicted molar refractivity (Wildman–Crippen MR) is 65.9 cm³/mol. The van der Waals surface area contributed by atoms with Crippen molar-refractivity contribution in [3.8, 4) is 0 Å². The molecule has 0 bridgehead atoms.